The first-order chi connectivity index (χ1) is 13.1. The van der Waals surface area contributed by atoms with Crippen molar-refractivity contribution in [2.24, 2.45) is 17.6 Å². The van der Waals surface area contributed by atoms with Crippen LogP contribution in [0, 0.1) is 11.8 Å². The number of benzene rings is 1. The number of rotatable bonds is 4. The third kappa shape index (κ3) is 3.92. The highest BCUT2D eigenvalue weighted by atomic mass is 32.1. The van der Waals surface area contributed by atoms with E-state index in [1.807, 2.05) is 17.5 Å². The van der Waals surface area contributed by atoms with E-state index in [1.165, 1.54) is 17.8 Å². The molecule has 1 aromatic heterocycles. The van der Waals surface area contributed by atoms with Crippen LogP contribution >= 0.6 is 11.3 Å². The summed E-state index contributed by atoms with van der Waals surface area (Å²) in [6, 6.07) is 9.41. The third-order valence-electron chi connectivity index (χ3n) is 5.88. The second-order valence-corrected chi connectivity index (χ2v) is 8.47. The molecule has 0 saturated heterocycles. The molecule has 5 nitrogen and oxygen atoms in total. The first-order valence-corrected chi connectivity index (χ1v) is 10.5. The molecule has 2 amide bonds. The van der Waals surface area contributed by atoms with E-state index in [4.69, 9.17) is 5.73 Å². The summed E-state index contributed by atoms with van der Waals surface area (Å²) in [7, 11) is 0. The average molecular weight is 384 g/mol. The van der Waals surface area contributed by atoms with E-state index >= 15 is 0 Å². The first kappa shape index (κ1) is 18.2. The van der Waals surface area contributed by atoms with Crippen LogP contribution in [0.5, 0.6) is 0 Å². The average Bonchev–Trinajstić information content (AvgIpc) is 3.18. The van der Waals surface area contributed by atoms with E-state index in [-0.39, 0.29) is 23.9 Å². The lowest BCUT2D eigenvalue weighted by Crippen LogP contribution is -2.53. The van der Waals surface area contributed by atoms with E-state index in [1.54, 1.807) is 23.6 Å². The van der Waals surface area contributed by atoms with Crippen molar-refractivity contribution in [1.29, 1.82) is 0 Å². The highest BCUT2D eigenvalue weighted by Gasteiger charge is 2.40. The van der Waals surface area contributed by atoms with Crippen LogP contribution in [0.2, 0.25) is 0 Å². The minimum Gasteiger partial charge on any atom is -0.349 e. The first-order valence-electron chi connectivity index (χ1n) is 9.61. The molecule has 2 unspecified atom stereocenters. The maximum atomic E-state index is 13.0. The quantitative estimate of drug-likeness (QED) is 0.754. The zero-order valence-corrected chi connectivity index (χ0v) is 16.0. The lowest BCUT2D eigenvalue weighted by Gasteiger charge is -2.45. The number of nitrogens with two attached hydrogens (primary N) is 1. The van der Waals surface area contributed by atoms with Crippen molar-refractivity contribution < 1.29 is 9.59 Å². The summed E-state index contributed by atoms with van der Waals surface area (Å²) < 4.78 is 0. The fourth-order valence-corrected chi connectivity index (χ4v) is 5.27. The molecular formula is C21H25N3O2S. The molecule has 2 atom stereocenters. The molecule has 2 aromatic rings. The van der Waals surface area contributed by atoms with E-state index in [0.717, 1.165) is 25.7 Å². The molecule has 2 bridgehead atoms. The summed E-state index contributed by atoms with van der Waals surface area (Å²) in [4.78, 5) is 25.4. The van der Waals surface area contributed by atoms with Gasteiger partial charge in [0.15, 0.2) is 0 Å². The summed E-state index contributed by atoms with van der Waals surface area (Å²) in [5, 5.41) is 9.80. The van der Waals surface area contributed by atoms with Crippen LogP contribution in [0.4, 0.5) is 5.69 Å². The second-order valence-electron chi connectivity index (χ2n) is 7.69. The molecule has 0 radical (unpaired) electrons. The molecule has 1 aromatic carbocycles. The predicted molar refractivity (Wildman–Crippen MR) is 108 cm³/mol. The minimum absolute atomic E-state index is 0.117. The molecule has 27 heavy (non-hydrogen) atoms. The fourth-order valence-electron chi connectivity index (χ4n) is 4.63. The van der Waals surface area contributed by atoms with Gasteiger partial charge in [-0.05, 0) is 61.1 Å². The van der Waals surface area contributed by atoms with Crippen molar-refractivity contribution in [3.05, 3.63) is 52.2 Å². The highest BCUT2D eigenvalue weighted by molar-refractivity contribution is 7.08. The van der Waals surface area contributed by atoms with Crippen molar-refractivity contribution in [2.75, 3.05) is 5.32 Å². The van der Waals surface area contributed by atoms with Gasteiger partial charge in [-0.15, -0.1) is 0 Å². The molecule has 2 aliphatic rings. The number of hydrogen-bond donors (Lipinski definition) is 3. The second kappa shape index (κ2) is 7.82. The van der Waals surface area contributed by atoms with Gasteiger partial charge in [0.1, 0.15) is 0 Å². The number of nitrogens with one attached hydrogen (secondary N) is 2. The normalized spacial score (nSPS) is 27.0. The number of fused-ring (bicyclic) bond motifs is 2. The zero-order chi connectivity index (χ0) is 18.8. The lowest BCUT2D eigenvalue weighted by molar-refractivity contribution is 0.0757. The van der Waals surface area contributed by atoms with Gasteiger partial charge in [-0.25, -0.2) is 0 Å². The number of amides is 2. The molecule has 2 saturated carbocycles. The Balaban J connectivity index is 1.50. The smallest absolute Gasteiger partial charge is 0.256 e. The molecule has 2 fully saturated rings. The Labute approximate surface area is 163 Å². The molecule has 0 aliphatic heterocycles. The summed E-state index contributed by atoms with van der Waals surface area (Å²) in [5.41, 5.74) is 7.85. The van der Waals surface area contributed by atoms with Crippen LogP contribution < -0.4 is 16.4 Å². The van der Waals surface area contributed by atoms with Crippen molar-refractivity contribution in [3.63, 3.8) is 0 Å². The predicted octanol–water partition coefficient (Wildman–Crippen LogP) is 3.64. The van der Waals surface area contributed by atoms with Gasteiger partial charge in [-0.1, -0.05) is 18.6 Å². The van der Waals surface area contributed by atoms with Gasteiger partial charge in [0.25, 0.3) is 11.8 Å². The monoisotopic (exact) mass is 383 g/mol. The lowest BCUT2D eigenvalue weighted by atomic mass is 9.67. The summed E-state index contributed by atoms with van der Waals surface area (Å²) in [5.74, 6) is 0.610. The Morgan fingerprint density at radius 3 is 2.48 bits per heavy atom. The van der Waals surface area contributed by atoms with Crippen molar-refractivity contribution >= 4 is 28.8 Å². The number of anilines is 1. The molecule has 0 spiro atoms. The van der Waals surface area contributed by atoms with Gasteiger partial charge in [-0.3, -0.25) is 9.59 Å². The third-order valence-corrected chi connectivity index (χ3v) is 6.56. The molecule has 1 heterocycles. The topological polar surface area (TPSA) is 84.2 Å². The Morgan fingerprint density at radius 2 is 1.78 bits per heavy atom. The van der Waals surface area contributed by atoms with Crippen LogP contribution in [0.1, 0.15) is 52.8 Å². The number of hydrogen-bond acceptors (Lipinski definition) is 4. The summed E-state index contributed by atoms with van der Waals surface area (Å²) in [6.07, 6.45) is 5.45. The van der Waals surface area contributed by atoms with Crippen molar-refractivity contribution in [3.8, 4) is 0 Å². The van der Waals surface area contributed by atoms with Gasteiger partial charge >= 0.3 is 0 Å². The Hall–Kier alpha value is -2.18. The number of carbonyl (C=O) groups excluding carboxylic acids is 2. The molecular weight excluding hydrogens is 358 g/mol. The van der Waals surface area contributed by atoms with Gasteiger partial charge in [0, 0.05) is 17.5 Å². The fraction of sp³-hybridized carbons (Fsp3) is 0.429. The van der Waals surface area contributed by atoms with Crippen LogP contribution in [0.3, 0.4) is 0 Å². The molecule has 2 aliphatic carbocycles. The van der Waals surface area contributed by atoms with Gasteiger partial charge < -0.3 is 16.4 Å². The highest BCUT2D eigenvalue weighted by Crippen LogP contribution is 2.39. The summed E-state index contributed by atoms with van der Waals surface area (Å²) in [6.45, 7) is 0. The minimum atomic E-state index is -0.197. The van der Waals surface area contributed by atoms with Gasteiger partial charge in [0.2, 0.25) is 0 Å². The molecule has 142 valence electrons. The Kier molecular flexibility index (Phi) is 5.27. The van der Waals surface area contributed by atoms with Crippen LogP contribution in [-0.4, -0.2) is 23.9 Å². The maximum absolute atomic E-state index is 13.0. The number of para-hydroxylation sites is 1. The van der Waals surface area contributed by atoms with Crippen molar-refractivity contribution in [1.82, 2.24) is 5.32 Å². The van der Waals surface area contributed by atoms with E-state index in [9.17, 15) is 9.59 Å². The largest absolute Gasteiger partial charge is 0.349 e. The van der Waals surface area contributed by atoms with Crippen molar-refractivity contribution in [2.45, 2.75) is 44.2 Å². The molecule has 4 N–H and O–H groups in total. The molecule has 6 heteroatoms. The summed E-state index contributed by atoms with van der Waals surface area (Å²) >= 11 is 1.47. The van der Waals surface area contributed by atoms with E-state index in [0.29, 0.717) is 28.7 Å². The maximum Gasteiger partial charge on any atom is 0.256 e. The van der Waals surface area contributed by atoms with E-state index in [2.05, 4.69) is 10.6 Å². The van der Waals surface area contributed by atoms with E-state index < -0.39 is 0 Å². The van der Waals surface area contributed by atoms with Gasteiger partial charge in [-0.2, -0.15) is 11.3 Å². The van der Waals surface area contributed by atoms with Crippen LogP contribution in [0.25, 0.3) is 0 Å². The zero-order valence-electron chi connectivity index (χ0n) is 15.2. The SMILES string of the molecule is NC1CC2CCCC(C1)C2NC(=O)c1ccccc1NC(=O)c1ccsc1. The van der Waals surface area contributed by atoms with Crippen LogP contribution in [-0.2, 0) is 0 Å². The van der Waals surface area contributed by atoms with Gasteiger partial charge in [0.05, 0.1) is 16.8 Å². The standard InChI is InChI=1S/C21H25N3O2S/c22-16-10-13-4-3-5-14(11-16)19(13)24-21(26)17-6-1-2-7-18(17)23-20(25)15-8-9-27-12-15/h1-2,6-9,12-14,16,19H,3-5,10-11,22H2,(H,23,25)(H,24,26). The Morgan fingerprint density at radius 1 is 1.04 bits per heavy atom. The van der Waals surface area contributed by atoms with Crippen LogP contribution in [0.15, 0.2) is 41.1 Å². The Bertz CT molecular complexity index is 807. The molecule has 4 rings (SSSR count). The number of carbonyl (C=O) groups is 2. The number of thiophene rings is 1.